The zero-order valence-electron chi connectivity index (χ0n) is 13.7. The first kappa shape index (κ1) is 17.1. The Morgan fingerprint density at radius 3 is 2.67 bits per heavy atom. The predicted molar refractivity (Wildman–Crippen MR) is 87.8 cm³/mol. The monoisotopic (exact) mass is 340 g/mol. The van der Waals surface area contributed by atoms with Crippen LogP contribution in [0.2, 0.25) is 0 Å². The minimum atomic E-state index is -4.29. The van der Waals surface area contributed by atoms with Crippen LogP contribution in [0, 0.1) is 5.92 Å². The van der Waals surface area contributed by atoms with Crippen molar-refractivity contribution >= 4 is 5.96 Å². The molecular weight excluding hydrogens is 317 g/mol. The molecule has 0 spiro atoms. The fourth-order valence-corrected chi connectivity index (χ4v) is 3.61. The lowest BCUT2D eigenvalue weighted by atomic mass is 9.84. The number of halogens is 3. The highest BCUT2D eigenvalue weighted by Gasteiger charge is 2.33. The maximum Gasteiger partial charge on any atom is 0.416 e. The van der Waals surface area contributed by atoms with Gasteiger partial charge in [-0.2, -0.15) is 13.2 Å². The number of nitrogens with zero attached hydrogens (tertiary/aromatic N) is 2. The van der Waals surface area contributed by atoms with Gasteiger partial charge in [0.05, 0.1) is 12.1 Å². The van der Waals surface area contributed by atoms with Gasteiger partial charge in [0.25, 0.3) is 0 Å². The van der Waals surface area contributed by atoms with E-state index in [1.54, 1.807) is 12.1 Å². The fourth-order valence-electron chi connectivity index (χ4n) is 3.61. The molecule has 4 nitrogen and oxygen atoms in total. The smallest absolute Gasteiger partial charge is 0.356 e. The van der Waals surface area contributed by atoms with Crippen molar-refractivity contribution in [3.63, 3.8) is 0 Å². The zero-order chi connectivity index (χ0) is 17.2. The van der Waals surface area contributed by atoms with Gasteiger partial charge in [-0.25, -0.2) is 0 Å². The molecule has 3 rings (SSSR count). The molecule has 0 amide bonds. The molecule has 1 aromatic carbocycles. The number of hydrogen-bond acceptors (Lipinski definition) is 4. The van der Waals surface area contributed by atoms with Crippen LogP contribution in [0.1, 0.15) is 30.0 Å². The molecule has 2 aliphatic heterocycles. The summed E-state index contributed by atoms with van der Waals surface area (Å²) in [4.78, 5) is 6.57. The van der Waals surface area contributed by atoms with Crippen molar-refractivity contribution in [2.24, 2.45) is 10.9 Å². The molecule has 2 atom stereocenters. The van der Waals surface area contributed by atoms with Crippen LogP contribution in [0.4, 0.5) is 13.2 Å². The van der Waals surface area contributed by atoms with Gasteiger partial charge < -0.3 is 10.6 Å². The van der Waals surface area contributed by atoms with E-state index in [2.05, 4.69) is 20.5 Å². The molecule has 2 aliphatic rings. The van der Waals surface area contributed by atoms with Crippen molar-refractivity contribution in [1.82, 2.24) is 15.5 Å². The fraction of sp³-hybridized carbons (Fsp3) is 0.588. The molecule has 24 heavy (non-hydrogen) atoms. The van der Waals surface area contributed by atoms with E-state index < -0.39 is 11.7 Å². The Morgan fingerprint density at radius 2 is 2.04 bits per heavy atom. The Bertz CT molecular complexity index is 582. The van der Waals surface area contributed by atoms with Gasteiger partial charge in [0.2, 0.25) is 0 Å². The third-order valence-electron chi connectivity index (χ3n) is 4.79. The minimum absolute atomic E-state index is 0.121. The molecule has 0 saturated carbocycles. The van der Waals surface area contributed by atoms with Crippen LogP contribution in [0.25, 0.3) is 0 Å². The van der Waals surface area contributed by atoms with Crippen LogP contribution in [-0.2, 0) is 6.18 Å². The average Bonchev–Trinajstić information content (AvgIpc) is 3.06. The largest absolute Gasteiger partial charge is 0.416 e. The molecule has 2 N–H and O–H groups in total. The first-order valence-corrected chi connectivity index (χ1v) is 8.35. The summed E-state index contributed by atoms with van der Waals surface area (Å²) in [6.07, 6.45) is -2.14. The van der Waals surface area contributed by atoms with Crippen molar-refractivity contribution in [3.05, 3.63) is 35.4 Å². The maximum absolute atomic E-state index is 12.8. The minimum Gasteiger partial charge on any atom is -0.356 e. The number of alkyl halides is 3. The van der Waals surface area contributed by atoms with Crippen LogP contribution in [0.5, 0.6) is 0 Å². The summed E-state index contributed by atoms with van der Waals surface area (Å²) < 4.78 is 38.3. The number of guanidine groups is 1. The van der Waals surface area contributed by atoms with E-state index >= 15 is 0 Å². The second-order valence-electron chi connectivity index (χ2n) is 6.49. The van der Waals surface area contributed by atoms with Crippen molar-refractivity contribution in [1.29, 1.82) is 0 Å². The predicted octanol–water partition coefficient (Wildman–Crippen LogP) is 2.64. The van der Waals surface area contributed by atoms with E-state index in [4.69, 9.17) is 0 Å². The summed E-state index contributed by atoms with van der Waals surface area (Å²) in [7, 11) is 2.04. The molecule has 1 aromatic rings. The van der Waals surface area contributed by atoms with Gasteiger partial charge in [-0.05, 0) is 50.0 Å². The molecule has 1 fully saturated rings. The molecule has 0 radical (unpaired) electrons. The van der Waals surface area contributed by atoms with Gasteiger partial charge in [-0.1, -0.05) is 12.1 Å². The number of aliphatic imine (C=N–C) groups is 1. The molecule has 0 aliphatic carbocycles. The second-order valence-corrected chi connectivity index (χ2v) is 6.49. The first-order chi connectivity index (χ1) is 11.4. The summed E-state index contributed by atoms with van der Waals surface area (Å²) in [5, 5.41) is 6.53. The van der Waals surface area contributed by atoms with E-state index in [0.717, 1.165) is 50.5 Å². The molecule has 0 unspecified atom stereocenters. The summed E-state index contributed by atoms with van der Waals surface area (Å²) >= 11 is 0. The first-order valence-electron chi connectivity index (χ1n) is 8.35. The number of rotatable bonds is 3. The lowest BCUT2D eigenvalue weighted by molar-refractivity contribution is -0.137. The number of nitrogens with one attached hydrogen (secondary N) is 2. The molecule has 1 saturated heterocycles. The SMILES string of the molecule is CN1CCC[C@H](CNC2=NCCN2)[C@H]1c1ccc(C(F)(F)F)cc1. The van der Waals surface area contributed by atoms with Crippen molar-refractivity contribution in [2.45, 2.75) is 25.1 Å². The highest BCUT2D eigenvalue weighted by atomic mass is 19.4. The van der Waals surface area contributed by atoms with Gasteiger partial charge in [-0.15, -0.1) is 0 Å². The summed E-state index contributed by atoms with van der Waals surface area (Å²) in [6.45, 7) is 3.37. The van der Waals surface area contributed by atoms with Gasteiger partial charge in [-0.3, -0.25) is 9.89 Å². The molecule has 2 heterocycles. The third-order valence-corrected chi connectivity index (χ3v) is 4.79. The highest BCUT2D eigenvalue weighted by Crippen LogP contribution is 2.36. The molecular formula is C17H23F3N4. The summed E-state index contributed by atoms with van der Waals surface area (Å²) in [5.41, 5.74) is 0.349. The summed E-state index contributed by atoms with van der Waals surface area (Å²) in [6, 6.07) is 5.73. The Morgan fingerprint density at radius 1 is 1.29 bits per heavy atom. The van der Waals surface area contributed by atoms with E-state index in [9.17, 15) is 13.2 Å². The van der Waals surface area contributed by atoms with E-state index in [1.165, 1.54) is 12.1 Å². The van der Waals surface area contributed by atoms with E-state index in [1.807, 2.05) is 7.05 Å². The quantitative estimate of drug-likeness (QED) is 0.889. The lowest BCUT2D eigenvalue weighted by Crippen LogP contribution is -2.43. The number of benzene rings is 1. The van der Waals surface area contributed by atoms with E-state index in [-0.39, 0.29) is 6.04 Å². The van der Waals surface area contributed by atoms with Crippen LogP contribution in [0.3, 0.4) is 0 Å². The Balaban J connectivity index is 1.73. The summed E-state index contributed by atoms with van der Waals surface area (Å²) in [5.74, 6) is 1.17. The van der Waals surface area contributed by atoms with Gasteiger partial charge >= 0.3 is 6.18 Å². The molecule has 132 valence electrons. The average molecular weight is 340 g/mol. The third kappa shape index (κ3) is 3.83. The molecule has 7 heteroatoms. The molecule has 0 bridgehead atoms. The highest BCUT2D eigenvalue weighted by molar-refractivity contribution is 5.81. The normalized spacial score (nSPS) is 25.2. The second kappa shape index (κ2) is 7.01. The number of hydrogen-bond donors (Lipinski definition) is 2. The van der Waals surface area contributed by atoms with Crippen molar-refractivity contribution < 1.29 is 13.2 Å². The Labute approximate surface area is 140 Å². The number of likely N-dealkylation sites (tertiary alicyclic amines) is 1. The lowest BCUT2D eigenvalue weighted by Gasteiger charge is -2.40. The number of piperidine rings is 1. The Kier molecular flexibility index (Phi) is 4.99. The zero-order valence-corrected chi connectivity index (χ0v) is 13.7. The Hall–Kier alpha value is -1.76. The van der Waals surface area contributed by atoms with Gasteiger partial charge in [0.15, 0.2) is 5.96 Å². The van der Waals surface area contributed by atoms with Gasteiger partial charge in [0.1, 0.15) is 0 Å². The maximum atomic E-state index is 12.8. The van der Waals surface area contributed by atoms with E-state index in [0.29, 0.717) is 5.92 Å². The van der Waals surface area contributed by atoms with Crippen molar-refractivity contribution in [2.75, 3.05) is 33.2 Å². The topological polar surface area (TPSA) is 39.7 Å². The van der Waals surface area contributed by atoms with Crippen LogP contribution in [0.15, 0.2) is 29.3 Å². The standard InChI is InChI=1S/C17H23F3N4/c1-24-10-2-3-13(11-23-16-21-8-9-22-16)15(24)12-4-6-14(7-5-12)17(18,19)20/h4-7,13,15H,2-3,8-11H2,1H3,(H2,21,22,23)/t13-,15-/m1/s1. The van der Waals surface area contributed by atoms with Crippen LogP contribution in [-0.4, -0.2) is 44.1 Å². The van der Waals surface area contributed by atoms with Gasteiger partial charge in [0, 0.05) is 19.1 Å². The van der Waals surface area contributed by atoms with Crippen molar-refractivity contribution in [3.8, 4) is 0 Å². The molecule has 0 aromatic heterocycles. The van der Waals surface area contributed by atoms with Crippen LogP contribution >= 0.6 is 0 Å². The van der Waals surface area contributed by atoms with Crippen LogP contribution < -0.4 is 10.6 Å².